The average Bonchev–Trinajstić information content (AvgIpc) is 3.42. The van der Waals surface area contributed by atoms with E-state index in [1.165, 1.54) is 6.07 Å². The van der Waals surface area contributed by atoms with Crippen LogP contribution in [0, 0.1) is 5.41 Å². The number of ether oxygens (including phenoxy) is 3. The molecule has 0 aliphatic carbocycles. The minimum absolute atomic E-state index is 0.0287. The molecule has 176 valence electrons. The normalized spacial score (nSPS) is 24.0. The van der Waals surface area contributed by atoms with Gasteiger partial charge in [-0.3, -0.25) is 5.41 Å². The van der Waals surface area contributed by atoms with Gasteiger partial charge in [-0.2, -0.15) is 0 Å². The highest BCUT2D eigenvalue weighted by Crippen LogP contribution is 2.39. The first-order valence-corrected chi connectivity index (χ1v) is 12.4. The van der Waals surface area contributed by atoms with E-state index in [1.807, 2.05) is 24.3 Å². The van der Waals surface area contributed by atoms with Gasteiger partial charge in [-0.25, -0.2) is 13.6 Å². The Kier molecular flexibility index (Phi) is 5.86. The summed E-state index contributed by atoms with van der Waals surface area (Å²) in [4.78, 5) is 0.0787. The van der Waals surface area contributed by atoms with Crippen molar-refractivity contribution >= 4 is 15.9 Å². The molecule has 34 heavy (non-hydrogen) atoms. The number of primary sulfonamides is 1. The van der Waals surface area contributed by atoms with Crippen molar-refractivity contribution < 1.29 is 22.6 Å². The van der Waals surface area contributed by atoms with Crippen molar-refractivity contribution in [3.05, 3.63) is 83.9 Å². The lowest BCUT2D eigenvalue weighted by atomic mass is 9.92. The molecule has 0 aromatic heterocycles. The Labute approximate surface area is 198 Å². The van der Waals surface area contributed by atoms with Gasteiger partial charge >= 0.3 is 0 Å². The fourth-order valence-electron chi connectivity index (χ4n) is 4.63. The SMILES string of the molecule is N=C(N)c1cccc([C@@H]2CO[C@H]3[C@@H]2OC[C@H]3Oc2ccc(-c3ccccc3S(N)(=O)=O)cc2)c1. The third-order valence-corrected chi connectivity index (χ3v) is 7.25. The smallest absolute Gasteiger partial charge is 0.238 e. The fourth-order valence-corrected chi connectivity index (χ4v) is 5.39. The van der Waals surface area contributed by atoms with Gasteiger partial charge in [-0.05, 0) is 35.4 Å². The van der Waals surface area contributed by atoms with Crippen molar-refractivity contribution in [3.8, 4) is 16.9 Å². The van der Waals surface area contributed by atoms with Crippen LogP contribution in [-0.2, 0) is 19.5 Å². The minimum atomic E-state index is -3.84. The summed E-state index contributed by atoms with van der Waals surface area (Å²) < 4.78 is 42.1. The van der Waals surface area contributed by atoms with Crippen LogP contribution in [0.5, 0.6) is 5.75 Å². The third-order valence-electron chi connectivity index (χ3n) is 6.28. The number of nitrogen functional groups attached to an aromatic ring is 1. The van der Waals surface area contributed by atoms with E-state index in [-0.39, 0.29) is 35.0 Å². The van der Waals surface area contributed by atoms with E-state index in [4.69, 9.17) is 30.5 Å². The number of amidine groups is 1. The van der Waals surface area contributed by atoms with Crippen LogP contribution in [0.15, 0.2) is 77.7 Å². The molecule has 0 spiro atoms. The van der Waals surface area contributed by atoms with Gasteiger partial charge in [0.1, 0.15) is 17.7 Å². The molecule has 2 aliphatic heterocycles. The lowest BCUT2D eigenvalue weighted by Crippen LogP contribution is -2.33. The predicted molar refractivity (Wildman–Crippen MR) is 127 cm³/mol. The zero-order chi connectivity index (χ0) is 23.9. The molecular formula is C25H25N3O5S. The van der Waals surface area contributed by atoms with Gasteiger partial charge in [0.15, 0.2) is 6.10 Å². The molecule has 2 aliphatic rings. The number of nitrogens with one attached hydrogen (secondary N) is 1. The lowest BCUT2D eigenvalue weighted by Gasteiger charge is -2.19. The molecular weight excluding hydrogens is 454 g/mol. The molecule has 0 radical (unpaired) electrons. The van der Waals surface area contributed by atoms with Crippen molar-refractivity contribution in [1.29, 1.82) is 5.41 Å². The predicted octanol–water partition coefficient (Wildman–Crippen LogP) is 2.61. The molecule has 3 aromatic carbocycles. The minimum Gasteiger partial charge on any atom is -0.485 e. The number of hydrogen-bond donors (Lipinski definition) is 3. The van der Waals surface area contributed by atoms with Crippen molar-refractivity contribution in [2.24, 2.45) is 10.9 Å². The number of sulfonamides is 1. The standard InChI is InChI=1S/C25H25N3O5S/c26-25(27)17-5-3-4-16(12-17)20-13-31-24-21(14-32-23(20)24)33-18-10-8-15(9-11-18)19-6-1-2-7-22(19)34(28,29)30/h1-12,20-21,23-24H,13-14H2,(H3,26,27)(H2,28,29,30)/t20-,21+,23+,24+/m0/s1. The topological polar surface area (TPSA) is 138 Å². The van der Waals surface area contributed by atoms with Gasteiger partial charge in [0.05, 0.1) is 24.2 Å². The molecule has 0 unspecified atom stereocenters. The van der Waals surface area contributed by atoms with Crippen LogP contribution in [0.25, 0.3) is 11.1 Å². The van der Waals surface area contributed by atoms with Gasteiger partial charge in [0.25, 0.3) is 0 Å². The molecule has 8 nitrogen and oxygen atoms in total. The van der Waals surface area contributed by atoms with Crippen LogP contribution >= 0.6 is 0 Å². The molecule has 2 saturated heterocycles. The van der Waals surface area contributed by atoms with Crippen LogP contribution in [0.1, 0.15) is 17.0 Å². The van der Waals surface area contributed by atoms with Crippen LogP contribution in [0.3, 0.4) is 0 Å². The van der Waals surface area contributed by atoms with Crippen LogP contribution in [0.4, 0.5) is 0 Å². The highest BCUT2D eigenvalue weighted by atomic mass is 32.2. The van der Waals surface area contributed by atoms with E-state index in [1.54, 1.807) is 42.5 Å². The third kappa shape index (κ3) is 4.30. The molecule has 2 heterocycles. The zero-order valence-corrected chi connectivity index (χ0v) is 19.1. The summed E-state index contributed by atoms with van der Waals surface area (Å²) in [6.07, 6.45) is -0.629. The molecule has 5 rings (SSSR count). The second-order valence-electron chi connectivity index (χ2n) is 8.46. The summed E-state index contributed by atoms with van der Waals surface area (Å²) in [7, 11) is -3.84. The number of rotatable bonds is 6. The maximum Gasteiger partial charge on any atom is 0.238 e. The molecule has 3 aromatic rings. The largest absolute Gasteiger partial charge is 0.485 e. The van der Waals surface area contributed by atoms with Gasteiger partial charge < -0.3 is 19.9 Å². The summed E-state index contributed by atoms with van der Waals surface area (Å²) in [5.74, 6) is 0.702. The summed E-state index contributed by atoms with van der Waals surface area (Å²) >= 11 is 0. The first-order chi connectivity index (χ1) is 16.3. The number of benzene rings is 3. The summed E-state index contributed by atoms with van der Waals surface area (Å²) in [5.41, 5.74) is 8.60. The van der Waals surface area contributed by atoms with Crippen molar-refractivity contribution in [3.63, 3.8) is 0 Å². The Morgan fingerprint density at radius 2 is 1.68 bits per heavy atom. The lowest BCUT2D eigenvalue weighted by molar-refractivity contribution is 0.0305. The van der Waals surface area contributed by atoms with E-state index in [2.05, 4.69) is 0 Å². The fraction of sp³-hybridized carbons (Fsp3) is 0.240. The van der Waals surface area contributed by atoms with E-state index >= 15 is 0 Å². The van der Waals surface area contributed by atoms with Crippen LogP contribution < -0.4 is 15.6 Å². The first kappa shape index (κ1) is 22.5. The maximum atomic E-state index is 11.9. The van der Waals surface area contributed by atoms with Crippen LogP contribution in [0.2, 0.25) is 0 Å². The maximum absolute atomic E-state index is 11.9. The number of fused-ring (bicyclic) bond motifs is 1. The number of nitrogens with two attached hydrogens (primary N) is 2. The molecule has 2 fully saturated rings. The molecule has 0 amide bonds. The van der Waals surface area contributed by atoms with Gasteiger partial charge in [-0.15, -0.1) is 0 Å². The van der Waals surface area contributed by atoms with Crippen molar-refractivity contribution in [1.82, 2.24) is 0 Å². The van der Waals surface area contributed by atoms with Crippen LogP contribution in [-0.4, -0.2) is 45.8 Å². The van der Waals surface area contributed by atoms with E-state index < -0.39 is 10.0 Å². The van der Waals surface area contributed by atoms with Gasteiger partial charge in [0.2, 0.25) is 10.0 Å². The second kappa shape index (κ2) is 8.84. The van der Waals surface area contributed by atoms with E-state index in [0.29, 0.717) is 30.1 Å². The van der Waals surface area contributed by atoms with E-state index in [0.717, 1.165) is 11.1 Å². The summed E-state index contributed by atoms with van der Waals surface area (Å²) in [5, 5.41) is 13.0. The second-order valence-corrected chi connectivity index (χ2v) is 9.99. The Balaban J connectivity index is 1.30. The van der Waals surface area contributed by atoms with Gasteiger partial charge in [-0.1, -0.05) is 48.5 Å². The van der Waals surface area contributed by atoms with Gasteiger partial charge in [0, 0.05) is 17.0 Å². The summed E-state index contributed by atoms with van der Waals surface area (Å²) in [6.45, 7) is 0.897. The van der Waals surface area contributed by atoms with E-state index in [9.17, 15) is 8.42 Å². The Morgan fingerprint density at radius 1 is 0.941 bits per heavy atom. The molecule has 0 bridgehead atoms. The Hall–Kier alpha value is -3.24. The Morgan fingerprint density at radius 3 is 2.41 bits per heavy atom. The quantitative estimate of drug-likeness (QED) is 0.367. The molecule has 9 heteroatoms. The summed E-state index contributed by atoms with van der Waals surface area (Å²) in [6, 6.07) is 21.4. The molecule has 0 saturated carbocycles. The number of hydrogen-bond acceptors (Lipinski definition) is 6. The highest BCUT2D eigenvalue weighted by Gasteiger charge is 2.49. The van der Waals surface area contributed by atoms with Crippen molar-refractivity contribution in [2.75, 3.05) is 13.2 Å². The van der Waals surface area contributed by atoms with Crippen molar-refractivity contribution in [2.45, 2.75) is 29.1 Å². The average molecular weight is 480 g/mol. The zero-order valence-electron chi connectivity index (χ0n) is 18.3. The first-order valence-electron chi connectivity index (χ1n) is 10.9. The monoisotopic (exact) mass is 479 g/mol. The molecule has 5 N–H and O–H groups in total. The molecule has 4 atom stereocenters. The Bertz CT molecular complexity index is 1330. The highest BCUT2D eigenvalue weighted by molar-refractivity contribution is 7.89.